The maximum absolute atomic E-state index is 12.3. The standard InChI is InChI=1S/C6H3F6O.Na/c7-3-1-2-4(8,13)6(11,12)5(3,9)10;/h1-3H;/q-1;+1. The number of halogens is 6. The molecule has 0 aromatic rings. The topological polar surface area (TPSA) is 23.1 Å². The molecule has 0 N–H and O–H groups in total. The van der Waals surface area contributed by atoms with Crippen LogP contribution in [0.3, 0.4) is 0 Å². The molecule has 0 amide bonds. The molecule has 2 unspecified atom stereocenters. The van der Waals surface area contributed by atoms with Crippen molar-refractivity contribution in [3.63, 3.8) is 0 Å². The van der Waals surface area contributed by atoms with Gasteiger partial charge in [0.2, 0.25) is 0 Å². The number of hydrogen-bond donors (Lipinski definition) is 0. The molecular formula is C6H3F6NaO. The van der Waals surface area contributed by atoms with E-state index < -0.39 is 29.9 Å². The summed E-state index contributed by atoms with van der Waals surface area (Å²) in [7, 11) is 0. The van der Waals surface area contributed by atoms with Gasteiger partial charge in [0, 0.05) is 0 Å². The molecule has 1 nitrogen and oxygen atoms in total. The first-order valence-electron chi connectivity index (χ1n) is 3.11. The fourth-order valence-electron chi connectivity index (χ4n) is 0.834. The molecule has 76 valence electrons. The average molecular weight is 228 g/mol. The van der Waals surface area contributed by atoms with Crippen LogP contribution < -0.4 is 34.7 Å². The molecule has 1 aliphatic carbocycles. The quantitative estimate of drug-likeness (QED) is 0.272. The van der Waals surface area contributed by atoms with Gasteiger partial charge in [-0.15, -0.1) is 0 Å². The van der Waals surface area contributed by atoms with Crippen LogP contribution in [0.2, 0.25) is 0 Å². The minimum absolute atomic E-state index is 0. The van der Waals surface area contributed by atoms with Crippen molar-refractivity contribution in [3.05, 3.63) is 12.2 Å². The van der Waals surface area contributed by atoms with Crippen molar-refractivity contribution in [1.29, 1.82) is 0 Å². The fourth-order valence-corrected chi connectivity index (χ4v) is 0.834. The molecule has 0 radical (unpaired) electrons. The Labute approximate surface area is 97.1 Å². The van der Waals surface area contributed by atoms with Gasteiger partial charge in [-0.05, 0) is 6.08 Å². The Hall–Kier alpha value is 0.280. The molecule has 0 bridgehead atoms. The maximum Gasteiger partial charge on any atom is 1.00 e. The van der Waals surface area contributed by atoms with Crippen LogP contribution in [0.5, 0.6) is 0 Å². The van der Waals surface area contributed by atoms with Crippen LogP contribution in [0.15, 0.2) is 12.2 Å². The third-order valence-corrected chi connectivity index (χ3v) is 1.67. The Morgan fingerprint density at radius 2 is 1.50 bits per heavy atom. The Morgan fingerprint density at radius 3 is 1.86 bits per heavy atom. The minimum Gasteiger partial charge on any atom is -0.817 e. The number of allylic oxidation sites excluding steroid dienone is 1. The maximum atomic E-state index is 12.3. The van der Waals surface area contributed by atoms with Crippen LogP contribution in [-0.2, 0) is 0 Å². The second-order valence-electron chi connectivity index (χ2n) is 2.60. The third kappa shape index (κ3) is 1.70. The minimum atomic E-state index is -5.58. The van der Waals surface area contributed by atoms with E-state index in [1.54, 1.807) is 0 Å². The van der Waals surface area contributed by atoms with E-state index in [-0.39, 0.29) is 35.6 Å². The van der Waals surface area contributed by atoms with E-state index in [0.29, 0.717) is 0 Å². The van der Waals surface area contributed by atoms with E-state index in [4.69, 9.17) is 0 Å². The Bertz CT molecular complexity index is 251. The fraction of sp³-hybridized carbons (Fsp3) is 0.667. The third-order valence-electron chi connectivity index (χ3n) is 1.67. The number of rotatable bonds is 0. The van der Waals surface area contributed by atoms with Crippen molar-refractivity contribution < 1.29 is 61.0 Å². The summed E-state index contributed by atoms with van der Waals surface area (Å²) in [6.07, 6.45) is -3.99. The Balaban J connectivity index is 0.00000169. The van der Waals surface area contributed by atoms with Gasteiger partial charge in [-0.1, -0.05) is 6.08 Å². The van der Waals surface area contributed by atoms with E-state index in [2.05, 4.69) is 0 Å². The second kappa shape index (κ2) is 3.70. The molecule has 1 aliphatic rings. The SMILES string of the molecule is [Na+].[O-]C1(F)C=CC(F)C(F)(F)C1(F)F. The molecule has 0 heterocycles. The Kier molecular flexibility index (Phi) is 3.77. The van der Waals surface area contributed by atoms with E-state index in [1.807, 2.05) is 0 Å². The first-order valence-corrected chi connectivity index (χ1v) is 3.11. The van der Waals surface area contributed by atoms with Gasteiger partial charge < -0.3 is 5.11 Å². The van der Waals surface area contributed by atoms with Crippen LogP contribution in [0.25, 0.3) is 0 Å². The van der Waals surface area contributed by atoms with Gasteiger partial charge in [0.25, 0.3) is 0 Å². The van der Waals surface area contributed by atoms with E-state index >= 15 is 0 Å². The largest absolute Gasteiger partial charge is 1.00 e. The second-order valence-corrected chi connectivity index (χ2v) is 2.60. The molecule has 2 atom stereocenters. The van der Waals surface area contributed by atoms with E-state index in [9.17, 15) is 31.4 Å². The van der Waals surface area contributed by atoms with E-state index in [0.717, 1.165) is 0 Å². The average Bonchev–Trinajstić information content (AvgIpc) is 1.97. The number of hydrogen-bond acceptors (Lipinski definition) is 1. The zero-order valence-electron chi connectivity index (χ0n) is 6.91. The van der Waals surface area contributed by atoms with Crippen molar-refractivity contribution >= 4 is 0 Å². The smallest absolute Gasteiger partial charge is 0.817 e. The van der Waals surface area contributed by atoms with Crippen LogP contribution in [0.1, 0.15) is 0 Å². The summed E-state index contributed by atoms with van der Waals surface area (Å²) in [5, 5.41) is 10.2. The molecule has 0 aromatic carbocycles. The molecule has 0 saturated heterocycles. The van der Waals surface area contributed by atoms with Gasteiger partial charge in [0.1, 0.15) is 5.85 Å². The first kappa shape index (κ1) is 14.3. The van der Waals surface area contributed by atoms with Crippen molar-refractivity contribution in [3.8, 4) is 0 Å². The summed E-state index contributed by atoms with van der Waals surface area (Å²) >= 11 is 0. The van der Waals surface area contributed by atoms with Gasteiger partial charge in [-0.3, -0.25) is 4.39 Å². The van der Waals surface area contributed by atoms with E-state index in [1.165, 1.54) is 0 Å². The predicted octanol–water partition coefficient (Wildman–Crippen LogP) is -1.81. The van der Waals surface area contributed by atoms with Crippen molar-refractivity contribution in [1.82, 2.24) is 0 Å². The summed E-state index contributed by atoms with van der Waals surface area (Å²) in [6.45, 7) is 0. The molecular weight excluding hydrogens is 225 g/mol. The van der Waals surface area contributed by atoms with Crippen LogP contribution in [-0.4, -0.2) is 23.9 Å². The summed E-state index contributed by atoms with van der Waals surface area (Å²) < 4.78 is 73.5. The van der Waals surface area contributed by atoms with Crippen molar-refractivity contribution in [2.75, 3.05) is 0 Å². The number of alkyl halides is 6. The first-order chi connectivity index (χ1) is 5.63. The van der Waals surface area contributed by atoms with Gasteiger partial charge in [-0.25, -0.2) is 4.39 Å². The molecule has 0 aromatic heterocycles. The summed E-state index contributed by atoms with van der Waals surface area (Å²) in [4.78, 5) is 0. The molecule has 1 rings (SSSR count). The molecule has 0 spiro atoms. The molecule has 8 heteroatoms. The van der Waals surface area contributed by atoms with Gasteiger partial charge in [0.15, 0.2) is 6.17 Å². The van der Waals surface area contributed by atoms with Crippen LogP contribution in [0.4, 0.5) is 26.3 Å². The van der Waals surface area contributed by atoms with Gasteiger partial charge in [-0.2, -0.15) is 17.6 Å². The predicted molar refractivity (Wildman–Crippen MR) is 27.8 cm³/mol. The zero-order chi connectivity index (χ0) is 10.5. The summed E-state index contributed by atoms with van der Waals surface area (Å²) in [6, 6.07) is 0. The van der Waals surface area contributed by atoms with Crippen molar-refractivity contribution in [2.24, 2.45) is 0 Å². The zero-order valence-corrected chi connectivity index (χ0v) is 8.91. The normalized spacial score (nSPS) is 38.9. The van der Waals surface area contributed by atoms with Crippen LogP contribution in [0, 0.1) is 0 Å². The van der Waals surface area contributed by atoms with Gasteiger partial charge in [0.05, 0.1) is 0 Å². The molecule has 0 saturated carbocycles. The molecule has 0 aliphatic heterocycles. The summed E-state index contributed by atoms with van der Waals surface area (Å²) in [5.41, 5.74) is 0. The monoisotopic (exact) mass is 228 g/mol. The molecule has 14 heavy (non-hydrogen) atoms. The van der Waals surface area contributed by atoms with Gasteiger partial charge >= 0.3 is 41.4 Å². The Morgan fingerprint density at radius 1 is 1.07 bits per heavy atom. The molecule has 0 fully saturated rings. The summed E-state index contributed by atoms with van der Waals surface area (Å²) in [5.74, 6) is -15.6. The van der Waals surface area contributed by atoms with Crippen molar-refractivity contribution in [2.45, 2.75) is 23.9 Å². The van der Waals surface area contributed by atoms with Crippen LogP contribution >= 0.6 is 0 Å².